The highest BCUT2D eigenvalue weighted by molar-refractivity contribution is 6.07. The molecular weight excluding hydrogens is 176 g/mol. The lowest BCUT2D eigenvalue weighted by atomic mass is 9.85. The first kappa shape index (κ1) is 10.9. The van der Waals surface area contributed by atoms with E-state index in [1.54, 1.807) is 12.2 Å². The van der Waals surface area contributed by atoms with Crippen molar-refractivity contribution in [1.29, 1.82) is 0 Å². The molecule has 0 heterocycles. The molecule has 0 aromatic carbocycles. The Morgan fingerprint density at radius 1 is 1.36 bits per heavy atom. The summed E-state index contributed by atoms with van der Waals surface area (Å²) in [6.07, 6.45) is 10.1. The molecule has 1 saturated carbocycles. The van der Waals surface area contributed by atoms with Gasteiger partial charge in [-0.3, -0.25) is 9.59 Å². The number of allylic oxidation sites excluding steroid dienone is 4. The zero-order chi connectivity index (χ0) is 10.4. The first-order valence-electron chi connectivity index (χ1n) is 5.11. The van der Waals surface area contributed by atoms with Crippen molar-refractivity contribution in [3.8, 4) is 0 Å². The summed E-state index contributed by atoms with van der Waals surface area (Å²) >= 11 is 0. The van der Waals surface area contributed by atoms with Crippen LogP contribution >= 0.6 is 0 Å². The molecule has 0 aromatic rings. The summed E-state index contributed by atoms with van der Waals surface area (Å²) in [5.74, 6) is -0.274. The molecule has 1 fully saturated rings. The predicted molar refractivity (Wildman–Crippen MR) is 55.9 cm³/mol. The van der Waals surface area contributed by atoms with E-state index in [1.807, 2.05) is 13.0 Å². The van der Waals surface area contributed by atoms with E-state index >= 15 is 0 Å². The third-order valence-electron chi connectivity index (χ3n) is 2.46. The number of ketones is 2. The molecule has 76 valence electrons. The molecule has 0 spiro atoms. The van der Waals surface area contributed by atoms with Crippen molar-refractivity contribution in [2.45, 2.75) is 32.6 Å². The van der Waals surface area contributed by atoms with Gasteiger partial charge in [0.05, 0.1) is 5.92 Å². The largest absolute Gasteiger partial charge is 0.299 e. The molecule has 1 rings (SSSR count). The quantitative estimate of drug-likeness (QED) is 0.391. The molecule has 14 heavy (non-hydrogen) atoms. The fourth-order valence-electron chi connectivity index (χ4n) is 1.66. The second-order valence-corrected chi connectivity index (χ2v) is 3.55. The number of carbonyl (C=O) groups excluding carboxylic acids is 2. The highest BCUT2D eigenvalue weighted by Crippen LogP contribution is 2.21. The summed E-state index contributed by atoms with van der Waals surface area (Å²) in [5, 5.41) is 0. The summed E-state index contributed by atoms with van der Waals surface area (Å²) in [5.41, 5.74) is 0. The minimum Gasteiger partial charge on any atom is -0.299 e. The van der Waals surface area contributed by atoms with E-state index in [0.29, 0.717) is 6.42 Å². The van der Waals surface area contributed by atoms with E-state index in [1.165, 1.54) is 6.08 Å². The smallest absolute Gasteiger partial charge is 0.166 e. The first-order valence-corrected chi connectivity index (χ1v) is 5.11. The summed E-state index contributed by atoms with van der Waals surface area (Å²) in [6, 6.07) is 0. The van der Waals surface area contributed by atoms with E-state index in [-0.39, 0.29) is 17.5 Å². The third kappa shape index (κ3) is 2.95. The van der Waals surface area contributed by atoms with E-state index < -0.39 is 0 Å². The standard InChI is InChI=1S/C12H16O2/c1-2-3-4-8-11(13)10-7-5-6-9-12(10)14/h2-4,8,10H,5-7,9H2,1H3/b3-2+,8-4+. The van der Waals surface area contributed by atoms with Crippen molar-refractivity contribution in [2.75, 3.05) is 0 Å². The molecule has 0 saturated heterocycles. The third-order valence-corrected chi connectivity index (χ3v) is 2.46. The van der Waals surface area contributed by atoms with E-state index in [4.69, 9.17) is 0 Å². The fraction of sp³-hybridized carbons (Fsp3) is 0.500. The van der Waals surface area contributed by atoms with Crippen LogP contribution in [0.5, 0.6) is 0 Å². The number of carbonyl (C=O) groups is 2. The van der Waals surface area contributed by atoms with Crippen LogP contribution < -0.4 is 0 Å². The number of hydrogen-bond acceptors (Lipinski definition) is 2. The van der Waals surface area contributed by atoms with Gasteiger partial charge in [0, 0.05) is 6.42 Å². The minimum absolute atomic E-state index is 0.0344. The Morgan fingerprint density at radius 2 is 2.14 bits per heavy atom. The van der Waals surface area contributed by atoms with Gasteiger partial charge in [-0.2, -0.15) is 0 Å². The predicted octanol–water partition coefficient (Wildman–Crippen LogP) is 2.45. The molecular formula is C12H16O2. The Balaban J connectivity index is 2.54. The molecule has 0 aromatic heterocycles. The Labute approximate surface area is 84.7 Å². The highest BCUT2D eigenvalue weighted by atomic mass is 16.1. The van der Waals surface area contributed by atoms with Crippen molar-refractivity contribution < 1.29 is 9.59 Å². The van der Waals surface area contributed by atoms with Gasteiger partial charge >= 0.3 is 0 Å². The number of hydrogen-bond donors (Lipinski definition) is 0. The Bertz CT molecular complexity index is 274. The second kappa shape index (κ2) is 5.53. The molecule has 1 atom stereocenters. The number of Topliss-reactive ketones (excluding diaryl/α,β-unsaturated/α-hetero) is 1. The van der Waals surface area contributed by atoms with Crippen LogP contribution in [0, 0.1) is 5.92 Å². The summed E-state index contributed by atoms with van der Waals surface area (Å²) in [6.45, 7) is 1.89. The minimum atomic E-state index is -0.356. The summed E-state index contributed by atoms with van der Waals surface area (Å²) in [7, 11) is 0. The van der Waals surface area contributed by atoms with Gasteiger partial charge in [0.25, 0.3) is 0 Å². The Hall–Kier alpha value is -1.18. The van der Waals surface area contributed by atoms with Gasteiger partial charge in [-0.15, -0.1) is 0 Å². The van der Waals surface area contributed by atoms with Crippen molar-refractivity contribution in [3.05, 3.63) is 24.3 Å². The average Bonchev–Trinajstić information content (AvgIpc) is 2.18. The highest BCUT2D eigenvalue weighted by Gasteiger charge is 2.26. The first-order chi connectivity index (χ1) is 6.75. The molecule has 0 amide bonds. The van der Waals surface area contributed by atoms with Gasteiger partial charge in [0.2, 0.25) is 0 Å². The lowest BCUT2D eigenvalue weighted by molar-refractivity contribution is -0.131. The Morgan fingerprint density at radius 3 is 2.79 bits per heavy atom. The van der Waals surface area contributed by atoms with Gasteiger partial charge in [0.1, 0.15) is 5.78 Å². The van der Waals surface area contributed by atoms with Crippen LogP contribution in [0.4, 0.5) is 0 Å². The van der Waals surface area contributed by atoms with Crippen LogP contribution in [0.3, 0.4) is 0 Å². The maximum absolute atomic E-state index is 11.5. The van der Waals surface area contributed by atoms with Crippen molar-refractivity contribution in [3.63, 3.8) is 0 Å². The molecule has 2 nitrogen and oxygen atoms in total. The topological polar surface area (TPSA) is 34.1 Å². The van der Waals surface area contributed by atoms with Gasteiger partial charge in [-0.05, 0) is 25.8 Å². The van der Waals surface area contributed by atoms with Crippen LogP contribution in [0.15, 0.2) is 24.3 Å². The molecule has 2 heteroatoms. The maximum Gasteiger partial charge on any atom is 0.166 e. The average molecular weight is 192 g/mol. The van der Waals surface area contributed by atoms with Gasteiger partial charge in [0.15, 0.2) is 5.78 Å². The van der Waals surface area contributed by atoms with Crippen LogP contribution in [0.25, 0.3) is 0 Å². The van der Waals surface area contributed by atoms with E-state index in [2.05, 4.69) is 0 Å². The molecule has 0 radical (unpaired) electrons. The van der Waals surface area contributed by atoms with Crippen LogP contribution in [0.1, 0.15) is 32.6 Å². The van der Waals surface area contributed by atoms with E-state index in [0.717, 1.165) is 19.3 Å². The molecule has 0 N–H and O–H groups in total. The van der Waals surface area contributed by atoms with Crippen LogP contribution in [-0.2, 0) is 9.59 Å². The van der Waals surface area contributed by atoms with Crippen molar-refractivity contribution in [2.24, 2.45) is 5.92 Å². The van der Waals surface area contributed by atoms with Crippen LogP contribution in [0.2, 0.25) is 0 Å². The maximum atomic E-state index is 11.5. The molecule has 1 unspecified atom stereocenters. The molecule has 0 bridgehead atoms. The zero-order valence-electron chi connectivity index (χ0n) is 8.53. The second-order valence-electron chi connectivity index (χ2n) is 3.55. The van der Waals surface area contributed by atoms with Crippen LogP contribution in [-0.4, -0.2) is 11.6 Å². The van der Waals surface area contributed by atoms with Gasteiger partial charge in [-0.25, -0.2) is 0 Å². The summed E-state index contributed by atoms with van der Waals surface area (Å²) in [4.78, 5) is 22.9. The van der Waals surface area contributed by atoms with Gasteiger partial charge in [-0.1, -0.05) is 24.6 Å². The van der Waals surface area contributed by atoms with Crippen molar-refractivity contribution in [1.82, 2.24) is 0 Å². The Kier molecular flexibility index (Phi) is 4.30. The van der Waals surface area contributed by atoms with Gasteiger partial charge < -0.3 is 0 Å². The van der Waals surface area contributed by atoms with E-state index in [9.17, 15) is 9.59 Å². The lowest BCUT2D eigenvalue weighted by Crippen LogP contribution is -2.25. The molecule has 1 aliphatic rings. The zero-order valence-corrected chi connectivity index (χ0v) is 8.53. The normalized spacial score (nSPS) is 23.5. The van der Waals surface area contributed by atoms with Crippen molar-refractivity contribution >= 4 is 11.6 Å². The fourth-order valence-corrected chi connectivity index (χ4v) is 1.66. The lowest BCUT2D eigenvalue weighted by Gasteiger charge is -2.17. The molecule has 1 aliphatic carbocycles. The summed E-state index contributed by atoms with van der Waals surface area (Å²) < 4.78 is 0. The SMILES string of the molecule is C/C=C/C=C/C(=O)C1CCCCC1=O. The molecule has 0 aliphatic heterocycles. The monoisotopic (exact) mass is 192 g/mol. The number of rotatable bonds is 3.